The molecule has 1 amide bonds. The van der Waals surface area contributed by atoms with E-state index in [0.717, 1.165) is 0 Å². The fourth-order valence-electron chi connectivity index (χ4n) is 1.04. The quantitative estimate of drug-likeness (QED) is 0.500. The fourth-order valence-corrected chi connectivity index (χ4v) is 1.04. The molecule has 0 aromatic carbocycles. The van der Waals surface area contributed by atoms with Gasteiger partial charge >= 0.3 is 0 Å². The van der Waals surface area contributed by atoms with Gasteiger partial charge in [-0.2, -0.15) is 5.26 Å². The first-order chi connectivity index (χ1) is 6.06. The van der Waals surface area contributed by atoms with Crippen LogP contribution in [0, 0.1) is 11.3 Å². The van der Waals surface area contributed by atoms with Crippen molar-refractivity contribution < 1.29 is 9.90 Å². The van der Waals surface area contributed by atoms with E-state index in [4.69, 9.17) is 16.7 Å². The summed E-state index contributed by atoms with van der Waals surface area (Å²) in [4.78, 5) is 14.2. The Morgan fingerprint density at radius 3 is 2.77 bits per heavy atom. The summed E-state index contributed by atoms with van der Waals surface area (Å²) in [5.74, 6) is -0.933. The number of nitrogens with zero attached hydrogens (tertiary/aromatic N) is 2. The first-order valence-electron chi connectivity index (χ1n) is 3.51. The van der Waals surface area contributed by atoms with Crippen LogP contribution in [-0.4, -0.2) is 22.9 Å². The zero-order valence-corrected chi connectivity index (χ0v) is 6.69. The average molecular weight is 180 g/mol. The third kappa shape index (κ3) is 1.59. The minimum Gasteiger partial charge on any atom is -0.508 e. The topological polar surface area (TPSA) is 125 Å². The molecule has 1 heterocycles. The average Bonchev–Trinajstić information content (AvgIpc) is 2.26. The van der Waals surface area contributed by atoms with Crippen molar-refractivity contribution in [2.75, 3.05) is 0 Å². The summed E-state index contributed by atoms with van der Waals surface area (Å²) in [6.45, 7) is 0. The number of primary amides is 1. The maximum Gasteiger partial charge on any atom is 0.220 e. The van der Waals surface area contributed by atoms with E-state index in [1.807, 2.05) is 0 Å². The molecule has 0 spiro atoms. The van der Waals surface area contributed by atoms with Crippen molar-refractivity contribution in [3.63, 3.8) is 0 Å². The third-order valence-corrected chi connectivity index (χ3v) is 1.63. The Morgan fingerprint density at radius 1 is 1.77 bits per heavy atom. The summed E-state index contributed by atoms with van der Waals surface area (Å²) >= 11 is 0. The Hall–Kier alpha value is -2.03. The molecule has 1 atom stereocenters. The number of hydrogen-bond donors (Lipinski definition) is 3. The number of rotatable bonds is 2. The molecule has 0 radical (unpaired) electrons. The van der Waals surface area contributed by atoms with E-state index >= 15 is 0 Å². The SMILES string of the molecule is N#CC1=C(O)[C@H](CC(N)=O)N=C1N. The Kier molecular flexibility index (Phi) is 2.19. The van der Waals surface area contributed by atoms with Gasteiger partial charge in [-0.15, -0.1) is 0 Å². The maximum absolute atomic E-state index is 10.5. The second kappa shape index (κ2) is 3.15. The number of aliphatic imine (C=N–C) groups is 1. The van der Waals surface area contributed by atoms with E-state index in [-0.39, 0.29) is 23.6 Å². The molecule has 1 rings (SSSR count). The Bertz CT molecular complexity index is 350. The van der Waals surface area contributed by atoms with Crippen molar-refractivity contribution >= 4 is 11.7 Å². The Labute approximate surface area is 74.2 Å². The third-order valence-electron chi connectivity index (χ3n) is 1.63. The molecule has 0 bridgehead atoms. The minimum atomic E-state index is -0.785. The van der Waals surface area contributed by atoms with Gasteiger partial charge in [-0.05, 0) is 0 Å². The molecular weight excluding hydrogens is 172 g/mol. The molecule has 0 unspecified atom stereocenters. The monoisotopic (exact) mass is 180 g/mol. The summed E-state index contributed by atoms with van der Waals surface area (Å²) in [6, 6.07) is 0.903. The molecule has 0 aliphatic carbocycles. The van der Waals surface area contributed by atoms with Crippen LogP contribution in [0.3, 0.4) is 0 Å². The first-order valence-corrected chi connectivity index (χ1v) is 3.51. The van der Waals surface area contributed by atoms with E-state index in [1.165, 1.54) is 0 Å². The van der Waals surface area contributed by atoms with Crippen LogP contribution in [0.2, 0.25) is 0 Å². The van der Waals surface area contributed by atoms with Crippen molar-refractivity contribution in [3.8, 4) is 6.07 Å². The summed E-state index contributed by atoms with van der Waals surface area (Å²) in [5, 5.41) is 17.8. The second-order valence-corrected chi connectivity index (χ2v) is 2.57. The van der Waals surface area contributed by atoms with Crippen molar-refractivity contribution in [1.29, 1.82) is 5.26 Å². The van der Waals surface area contributed by atoms with E-state index < -0.39 is 11.9 Å². The van der Waals surface area contributed by atoms with Crippen LogP contribution >= 0.6 is 0 Å². The number of carbonyl (C=O) groups excluding carboxylic acids is 1. The standard InChI is InChI=1S/C7H8N4O2/c8-2-3-6(13)4(1-5(9)12)11-7(3)10/h4,13H,1H2,(H2,9,12)(H2,10,11)/t4-/m0/s1. The molecule has 0 aromatic heterocycles. The fraction of sp³-hybridized carbons (Fsp3) is 0.286. The van der Waals surface area contributed by atoms with Crippen LogP contribution in [0.15, 0.2) is 16.3 Å². The molecule has 1 aliphatic heterocycles. The number of amides is 1. The molecule has 0 saturated heterocycles. The lowest BCUT2D eigenvalue weighted by Crippen LogP contribution is -2.19. The normalized spacial score (nSPS) is 21.2. The predicted molar refractivity (Wildman–Crippen MR) is 44.5 cm³/mol. The van der Waals surface area contributed by atoms with Gasteiger partial charge in [-0.25, -0.2) is 0 Å². The van der Waals surface area contributed by atoms with Gasteiger partial charge < -0.3 is 16.6 Å². The molecule has 0 aromatic rings. The van der Waals surface area contributed by atoms with Crippen molar-refractivity contribution in [2.45, 2.75) is 12.5 Å². The molecular formula is C7H8N4O2. The Morgan fingerprint density at radius 2 is 2.38 bits per heavy atom. The van der Waals surface area contributed by atoms with Crippen LogP contribution < -0.4 is 11.5 Å². The summed E-state index contributed by atoms with van der Waals surface area (Å²) in [7, 11) is 0. The summed E-state index contributed by atoms with van der Waals surface area (Å²) in [6.07, 6.45) is -0.141. The molecule has 6 nitrogen and oxygen atoms in total. The highest BCUT2D eigenvalue weighted by atomic mass is 16.3. The molecule has 5 N–H and O–H groups in total. The van der Waals surface area contributed by atoms with Gasteiger partial charge in [0.1, 0.15) is 29.3 Å². The van der Waals surface area contributed by atoms with Gasteiger partial charge in [0.2, 0.25) is 5.91 Å². The minimum absolute atomic E-state index is 0.0498. The molecule has 13 heavy (non-hydrogen) atoms. The molecule has 1 aliphatic rings. The first kappa shape index (κ1) is 9.06. The highest BCUT2D eigenvalue weighted by Gasteiger charge is 2.27. The van der Waals surface area contributed by atoms with E-state index in [9.17, 15) is 9.90 Å². The Balaban J connectivity index is 2.91. The number of nitrogens with two attached hydrogens (primary N) is 2. The lowest BCUT2D eigenvalue weighted by Gasteiger charge is -2.02. The zero-order valence-electron chi connectivity index (χ0n) is 6.69. The number of aliphatic hydroxyl groups excluding tert-OH is 1. The van der Waals surface area contributed by atoms with Gasteiger partial charge in [-0.3, -0.25) is 9.79 Å². The van der Waals surface area contributed by atoms with Gasteiger partial charge in [0.05, 0.1) is 6.42 Å². The van der Waals surface area contributed by atoms with E-state index in [2.05, 4.69) is 4.99 Å². The zero-order chi connectivity index (χ0) is 10.0. The number of aliphatic hydroxyl groups is 1. The van der Waals surface area contributed by atoms with E-state index in [1.54, 1.807) is 6.07 Å². The van der Waals surface area contributed by atoms with Crippen molar-refractivity contribution in [1.82, 2.24) is 0 Å². The highest BCUT2D eigenvalue weighted by Crippen LogP contribution is 2.19. The lowest BCUT2D eigenvalue weighted by atomic mass is 10.1. The number of hydrogen-bond acceptors (Lipinski definition) is 5. The smallest absolute Gasteiger partial charge is 0.220 e. The summed E-state index contributed by atoms with van der Waals surface area (Å²) in [5.41, 5.74) is 10.1. The largest absolute Gasteiger partial charge is 0.508 e. The number of nitriles is 1. The molecule has 0 saturated carbocycles. The van der Waals surface area contributed by atoms with Gasteiger partial charge in [0, 0.05) is 0 Å². The number of carbonyl (C=O) groups is 1. The van der Waals surface area contributed by atoms with Crippen LogP contribution in [0.5, 0.6) is 0 Å². The lowest BCUT2D eigenvalue weighted by molar-refractivity contribution is -0.118. The van der Waals surface area contributed by atoms with Crippen LogP contribution in [-0.2, 0) is 4.79 Å². The van der Waals surface area contributed by atoms with Gasteiger partial charge in [-0.1, -0.05) is 0 Å². The predicted octanol–water partition coefficient (Wildman–Crippen LogP) is -1.06. The second-order valence-electron chi connectivity index (χ2n) is 2.57. The van der Waals surface area contributed by atoms with Crippen molar-refractivity contribution in [2.24, 2.45) is 16.5 Å². The molecule has 0 fully saturated rings. The van der Waals surface area contributed by atoms with E-state index in [0.29, 0.717) is 0 Å². The molecule has 68 valence electrons. The van der Waals surface area contributed by atoms with Crippen LogP contribution in [0.1, 0.15) is 6.42 Å². The molecule has 6 heteroatoms. The van der Waals surface area contributed by atoms with Gasteiger partial charge in [0.15, 0.2) is 0 Å². The summed E-state index contributed by atoms with van der Waals surface area (Å²) < 4.78 is 0. The highest BCUT2D eigenvalue weighted by molar-refractivity contribution is 6.03. The van der Waals surface area contributed by atoms with Crippen LogP contribution in [0.4, 0.5) is 0 Å². The van der Waals surface area contributed by atoms with Crippen molar-refractivity contribution in [3.05, 3.63) is 11.3 Å². The van der Waals surface area contributed by atoms with Crippen LogP contribution in [0.25, 0.3) is 0 Å². The number of amidine groups is 1. The van der Waals surface area contributed by atoms with Gasteiger partial charge in [0.25, 0.3) is 0 Å². The maximum atomic E-state index is 10.5.